The van der Waals surface area contributed by atoms with Gasteiger partial charge in [0, 0.05) is 17.5 Å². The van der Waals surface area contributed by atoms with Gasteiger partial charge in [-0.3, -0.25) is 0 Å². The van der Waals surface area contributed by atoms with E-state index in [0.717, 1.165) is 16.8 Å². The van der Waals surface area contributed by atoms with E-state index in [1.807, 2.05) is 11.8 Å². The quantitative estimate of drug-likeness (QED) is 0.860. The Bertz CT molecular complexity index is 379. The summed E-state index contributed by atoms with van der Waals surface area (Å²) >= 11 is 11.1. The van der Waals surface area contributed by atoms with E-state index in [1.165, 1.54) is 19.3 Å². The van der Waals surface area contributed by atoms with Crippen molar-refractivity contribution in [1.82, 2.24) is 9.97 Å². The average Bonchev–Trinajstić information content (AvgIpc) is 2.22. The molecule has 1 aliphatic carbocycles. The normalized spacial score (nSPS) is 17.9. The Morgan fingerprint density at radius 3 is 2.94 bits per heavy atom. The molecule has 0 amide bonds. The molecule has 2 rings (SSSR count). The van der Waals surface area contributed by atoms with Gasteiger partial charge in [0.25, 0.3) is 0 Å². The number of hydrogen-bond acceptors (Lipinski definition) is 4. The summed E-state index contributed by atoms with van der Waals surface area (Å²) < 4.78 is 1.24. The number of rotatable bonds is 4. The van der Waals surface area contributed by atoms with Crippen LogP contribution in [-0.2, 0) is 0 Å². The molecule has 6 heteroatoms. The van der Waals surface area contributed by atoms with Gasteiger partial charge in [0.05, 0.1) is 4.47 Å². The van der Waals surface area contributed by atoms with Gasteiger partial charge in [-0.15, -0.1) is 0 Å². The van der Waals surface area contributed by atoms with Crippen molar-refractivity contribution in [3.63, 3.8) is 0 Å². The van der Waals surface area contributed by atoms with Crippen LogP contribution in [-0.4, -0.2) is 27.5 Å². The molecular formula is C10H13BrClN3S. The van der Waals surface area contributed by atoms with Crippen LogP contribution in [0.25, 0.3) is 0 Å². The molecule has 1 saturated carbocycles. The molecular weight excluding hydrogens is 310 g/mol. The highest BCUT2D eigenvalue weighted by Crippen LogP contribution is 2.42. The monoisotopic (exact) mass is 321 g/mol. The van der Waals surface area contributed by atoms with Gasteiger partial charge < -0.3 is 5.32 Å². The number of hydrogen-bond donors (Lipinski definition) is 1. The lowest BCUT2D eigenvalue weighted by atomic mass is 9.84. The molecule has 0 atom stereocenters. The summed E-state index contributed by atoms with van der Waals surface area (Å²) in [6, 6.07) is 0. The van der Waals surface area contributed by atoms with E-state index in [4.69, 9.17) is 11.6 Å². The molecule has 0 bridgehead atoms. The molecule has 0 spiro atoms. The standard InChI is InChI=1S/C10H13BrClN3S/c1-16-10(3-2-4-10)6-14-8-7(11)5-13-9(12)15-8/h5H,2-4,6H2,1H3,(H,13,14,15). The van der Waals surface area contributed by atoms with Gasteiger partial charge >= 0.3 is 0 Å². The molecule has 0 aliphatic heterocycles. The van der Waals surface area contributed by atoms with E-state index >= 15 is 0 Å². The van der Waals surface area contributed by atoms with Gasteiger partial charge in [-0.25, -0.2) is 4.98 Å². The van der Waals surface area contributed by atoms with Crippen LogP contribution in [0.15, 0.2) is 10.7 Å². The highest BCUT2D eigenvalue weighted by Gasteiger charge is 2.35. The molecule has 3 nitrogen and oxygen atoms in total. The summed E-state index contributed by atoms with van der Waals surface area (Å²) in [5, 5.41) is 3.62. The third-order valence-electron chi connectivity index (χ3n) is 2.99. The number of nitrogens with zero attached hydrogens (tertiary/aromatic N) is 2. The first kappa shape index (κ1) is 12.5. The van der Waals surface area contributed by atoms with Gasteiger partial charge in [-0.05, 0) is 46.6 Å². The Balaban J connectivity index is 2.01. The summed E-state index contributed by atoms with van der Waals surface area (Å²) in [5.74, 6) is 0.778. The highest BCUT2D eigenvalue weighted by atomic mass is 79.9. The minimum atomic E-state index is 0.275. The van der Waals surface area contributed by atoms with Crippen molar-refractivity contribution in [2.45, 2.75) is 24.0 Å². The minimum Gasteiger partial charge on any atom is -0.368 e. The van der Waals surface area contributed by atoms with Crippen LogP contribution in [0.1, 0.15) is 19.3 Å². The maximum atomic E-state index is 5.76. The van der Waals surface area contributed by atoms with Gasteiger partial charge in [0.2, 0.25) is 5.28 Å². The highest BCUT2D eigenvalue weighted by molar-refractivity contribution is 9.10. The fourth-order valence-electron chi connectivity index (χ4n) is 1.74. The minimum absolute atomic E-state index is 0.275. The molecule has 1 N–H and O–H groups in total. The van der Waals surface area contributed by atoms with Crippen molar-refractivity contribution in [2.24, 2.45) is 0 Å². The van der Waals surface area contributed by atoms with Gasteiger partial charge in [-0.2, -0.15) is 16.7 Å². The van der Waals surface area contributed by atoms with Crippen molar-refractivity contribution in [3.05, 3.63) is 16.0 Å². The van der Waals surface area contributed by atoms with E-state index in [0.29, 0.717) is 4.75 Å². The zero-order valence-corrected chi connectivity index (χ0v) is 12.1. The van der Waals surface area contributed by atoms with E-state index in [9.17, 15) is 0 Å². The predicted octanol–water partition coefficient (Wildman–Crippen LogP) is 3.59. The topological polar surface area (TPSA) is 37.8 Å². The molecule has 1 heterocycles. The number of halogens is 2. The second-order valence-corrected chi connectivity index (χ2v) is 6.40. The van der Waals surface area contributed by atoms with Gasteiger partial charge in [0.1, 0.15) is 5.82 Å². The van der Waals surface area contributed by atoms with Crippen LogP contribution in [0.3, 0.4) is 0 Å². The first-order valence-electron chi connectivity index (χ1n) is 5.12. The van der Waals surface area contributed by atoms with Crippen molar-refractivity contribution >= 4 is 45.1 Å². The molecule has 0 unspecified atom stereocenters. The number of aromatic nitrogens is 2. The largest absolute Gasteiger partial charge is 0.368 e. The lowest BCUT2D eigenvalue weighted by Gasteiger charge is -2.40. The molecule has 16 heavy (non-hydrogen) atoms. The molecule has 88 valence electrons. The van der Waals surface area contributed by atoms with E-state index in [2.05, 4.69) is 37.5 Å². The fraction of sp³-hybridized carbons (Fsp3) is 0.600. The van der Waals surface area contributed by atoms with Crippen molar-refractivity contribution in [2.75, 3.05) is 18.1 Å². The Hall–Kier alpha value is -0.000000000000000111. The smallest absolute Gasteiger partial charge is 0.224 e. The molecule has 1 fully saturated rings. The Morgan fingerprint density at radius 2 is 2.38 bits per heavy atom. The molecule has 0 aromatic carbocycles. The SMILES string of the molecule is CSC1(CNc2nc(Cl)ncc2Br)CCC1. The third-order valence-corrected chi connectivity index (χ3v) is 5.17. The van der Waals surface area contributed by atoms with Crippen LogP contribution >= 0.6 is 39.3 Å². The van der Waals surface area contributed by atoms with Crippen LogP contribution in [0.5, 0.6) is 0 Å². The molecule has 0 radical (unpaired) electrons. The lowest BCUT2D eigenvalue weighted by molar-refractivity contribution is 0.379. The van der Waals surface area contributed by atoms with Gasteiger partial charge in [0.15, 0.2) is 0 Å². The van der Waals surface area contributed by atoms with E-state index < -0.39 is 0 Å². The fourth-order valence-corrected chi connectivity index (χ4v) is 3.12. The summed E-state index contributed by atoms with van der Waals surface area (Å²) in [7, 11) is 0. The maximum Gasteiger partial charge on any atom is 0.224 e. The summed E-state index contributed by atoms with van der Waals surface area (Å²) in [6.45, 7) is 0.931. The predicted molar refractivity (Wildman–Crippen MR) is 73.3 cm³/mol. The average molecular weight is 323 g/mol. The summed E-state index contributed by atoms with van der Waals surface area (Å²) in [4.78, 5) is 8.06. The van der Waals surface area contributed by atoms with Crippen molar-refractivity contribution in [3.8, 4) is 0 Å². The molecule has 1 aromatic heterocycles. The number of nitrogens with one attached hydrogen (secondary N) is 1. The zero-order chi connectivity index (χ0) is 11.6. The Kier molecular flexibility index (Phi) is 3.97. The van der Waals surface area contributed by atoms with Crippen LogP contribution in [0.2, 0.25) is 5.28 Å². The Labute approximate surface area is 113 Å². The van der Waals surface area contributed by atoms with E-state index in [-0.39, 0.29) is 5.28 Å². The molecule has 1 aromatic rings. The third kappa shape index (κ3) is 2.63. The Morgan fingerprint density at radius 1 is 1.62 bits per heavy atom. The second kappa shape index (κ2) is 5.10. The molecule has 1 aliphatic rings. The number of anilines is 1. The van der Waals surface area contributed by atoms with Gasteiger partial charge in [-0.1, -0.05) is 6.42 Å². The number of thioether (sulfide) groups is 1. The first-order valence-corrected chi connectivity index (χ1v) is 7.52. The van der Waals surface area contributed by atoms with Crippen LogP contribution in [0, 0.1) is 0 Å². The first-order chi connectivity index (χ1) is 7.65. The maximum absolute atomic E-state index is 5.76. The summed E-state index contributed by atoms with van der Waals surface area (Å²) in [6.07, 6.45) is 7.72. The lowest BCUT2D eigenvalue weighted by Crippen LogP contribution is -2.40. The summed E-state index contributed by atoms with van der Waals surface area (Å²) in [5.41, 5.74) is 0. The van der Waals surface area contributed by atoms with Crippen LogP contribution < -0.4 is 5.32 Å². The van der Waals surface area contributed by atoms with Crippen LogP contribution in [0.4, 0.5) is 5.82 Å². The zero-order valence-electron chi connectivity index (χ0n) is 8.96. The molecule has 0 saturated heterocycles. The van der Waals surface area contributed by atoms with E-state index in [1.54, 1.807) is 6.20 Å². The van der Waals surface area contributed by atoms with Crippen molar-refractivity contribution in [1.29, 1.82) is 0 Å². The second-order valence-electron chi connectivity index (χ2n) is 3.93. The van der Waals surface area contributed by atoms with Crippen molar-refractivity contribution < 1.29 is 0 Å².